The second kappa shape index (κ2) is 10.1. The van der Waals surface area contributed by atoms with Crippen LogP contribution in [0.4, 0.5) is 0 Å². The van der Waals surface area contributed by atoms with Gasteiger partial charge in [0.25, 0.3) is 5.56 Å². The third-order valence-electron chi connectivity index (χ3n) is 6.53. The topological polar surface area (TPSA) is 157 Å². The van der Waals surface area contributed by atoms with Crippen molar-refractivity contribution in [3.05, 3.63) is 111 Å². The van der Waals surface area contributed by atoms with Gasteiger partial charge in [-0.1, -0.05) is 42.5 Å². The predicted octanol–water partition coefficient (Wildman–Crippen LogP) is 2.47. The minimum atomic E-state index is -1.34. The standard InChI is InChI=1S/C28H24N4O6/c33-18-11-9-16(10-12-18)13-23(27(36)37)30-25(34)24(14-17-15-29-21-7-3-1-5-19(17)21)32-26(35)20-6-2-4-8-22(20)31-28(32)38/h1-12,15,23-24,29,33H,13-14H2,(H,30,34)(H,31,38)(H,36,37)/t23-,24-/m0/s1. The number of aromatic nitrogens is 3. The fourth-order valence-corrected chi connectivity index (χ4v) is 4.60. The van der Waals surface area contributed by atoms with Gasteiger partial charge in [-0.15, -0.1) is 0 Å². The molecular weight excluding hydrogens is 488 g/mol. The summed E-state index contributed by atoms with van der Waals surface area (Å²) in [4.78, 5) is 58.1. The SMILES string of the molecule is O=C(O)[C@H](Cc1ccc(O)cc1)NC(=O)[C@H](Cc1c[nH]c2ccccc12)n1c(=O)[nH]c2ccccc2c1=O. The molecule has 38 heavy (non-hydrogen) atoms. The molecular formula is C28H24N4O6. The number of H-pyrrole nitrogens is 2. The summed E-state index contributed by atoms with van der Waals surface area (Å²) in [5, 5.41) is 22.9. The lowest BCUT2D eigenvalue weighted by Crippen LogP contribution is -2.50. The van der Waals surface area contributed by atoms with Crippen molar-refractivity contribution in [2.75, 3.05) is 0 Å². The van der Waals surface area contributed by atoms with Crippen molar-refractivity contribution in [1.29, 1.82) is 0 Å². The van der Waals surface area contributed by atoms with Crippen LogP contribution < -0.4 is 16.6 Å². The number of benzene rings is 3. The van der Waals surface area contributed by atoms with Crippen LogP contribution in [0.1, 0.15) is 17.2 Å². The molecule has 0 unspecified atom stereocenters. The van der Waals surface area contributed by atoms with Crippen molar-refractivity contribution >= 4 is 33.7 Å². The molecule has 2 aromatic heterocycles. The van der Waals surface area contributed by atoms with Gasteiger partial charge in [0.05, 0.1) is 10.9 Å². The van der Waals surface area contributed by atoms with Crippen LogP contribution in [0.5, 0.6) is 5.75 Å². The molecule has 5 N–H and O–H groups in total. The summed E-state index contributed by atoms with van der Waals surface area (Å²) in [5.41, 5.74) is 0.974. The lowest BCUT2D eigenvalue weighted by Gasteiger charge is -2.22. The Bertz CT molecular complexity index is 1770. The van der Waals surface area contributed by atoms with E-state index in [2.05, 4.69) is 15.3 Å². The van der Waals surface area contributed by atoms with E-state index in [4.69, 9.17) is 0 Å². The van der Waals surface area contributed by atoms with Gasteiger partial charge in [-0.05, 0) is 41.5 Å². The maximum atomic E-state index is 13.7. The van der Waals surface area contributed by atoms with E-state index in [1.807, 2.05) is 24.3 Å². The highest BCUT2D eigenvalue weighted by Crippen LogP contribution is 2.23. The summed E-state index contributed by atoms with van der Waals surface area (Å²) in [5.74, 6) is -2.04. The average Bonchev–Trinajstić information content (AvgIpc) is 3.31. The van der Waals surface area contributed by atoms with Gasteiger partial charge in [-0.2, -0.15) is 0 Å². The second-order valence-corrected chi connectivity index (χ2v) is 9.00. The first-order valence-electron chi connectivity index (χ1n) is 11.9. The molecule has 10 heteroatoms. The Morgan fingerprint density at radius 2 is 1.53 bits per heavy atom. The third-order valence-corrected chi connectivity index (χ3v) is 6.53. The number of carboxylic acids is 1. The van der Waals surface area contributed by atoms with Crippen molar-refractivity contribution < 1.29 is 19.8 Å². The summed E-state index contributed by atoms with van der Waals surface area (Å²) >= 11 is 0. The number of hydrogen-bond acceptors (Lipinski definition) is 5. The molecule has 0 aliphatic rings. The number of rotatable bonds is 8. The van der Waals surface area contributed by atoms with Crippen molar-refractivity contribution in [2.24, 2.45) is 0 Å². The van der Waals surface area contributed by atoms with Crippen molar-refractivity contribution in [3.63, 3.8) is 0 Å². The molecule has 0 spiro atoms. The molecule has 0 saturated heterocycles. The molecule has 0 aliphatic carbocycles. The molecule has 0 aliphatic heterocycles. The minimum Gasteiger partial charge on any atom is -0.508 e. The summed E-state index contributed by atoms with van der Waals surface area (Å²) in [6.45, 7) is 0. The van der Waals surface area contributed by atoms with E-state index in [1.54, 1.807) is 42.6 Å². The molecule has 10 nitrogen and oxygen atoms in total. The lowest BCUT2D eigenvalue weighted by atomic mass is 10.0. The molecule has 0 fully saturated rings. The second-order valence-electron chi connectivity index (χ2n) is 9.00. The fraction of sp³-hybridized carbons (Fsp3) is 0.143. The number of aliphatic carboxylic acids is 1. The highest BCUT2D eigenvalue weighted by molar-refractivity contribution is 5.88. The number of amides is 1. The summed E-state index contributed by atoms with van der Waals surface area (Å²) in [6.07, 6.45) is 1.60. The molecule has 192 valence electrons. The first-order valence-corrected chi connectivity index (χ1v) is 11.9. The van der Waals surface area contributed by atoms with Crippen LogP contribution in [-0.4, -0.2) is 42.7 Å². The van der Waals surface area contributed by atoms with Gasteiger partial charge >= 0.3 is 11.7 Å². The van der Waals surface area contributed by atoms with E-state index in [9.17, 15) is 29.4 Å². The van der Waals surface area contributed by atoms with Gasteiger partial charge in [0.15, 0.2) is 0 Å². The van der Waals surface area contributed by atoms with Crippen LogP contribution in [0, 0.1) is 0 Å². The maximum absolute atomic E-state index is 13.7. The van der Waals surface area contributed by atoms with Gasteiger partial charge < -0.3 is 25.5 Å². The number of fused-ring (bicyclic) bond motifs is 2. The fourth-order valence-electron chi connectivity index (χ4n) is 4.60. The van der Waals surface area contributed by atoms with Gasteiger partial charge in [0.2, 0.25) is 5.91 Å². The summed E-state index contributed by atoms with van der Waals surface area (Å²) < 4.78 is 0.846. The minimum absolute atomic E-state index is 0.0263. The summed E-state index contributed by atoms with van der Waals surface area (Å²) in [7, 11) is 0. The van der Waals surface area contributed by atoms with E-state index in [0.717, 1.165) is 15.5 Å². The van der Waals surface area contributed by atoms with Gasteiger partial charge in [0.1, 0.15) is 17.8 Å². The van der Waals surface area contributed by atoms with Crippen LogP contribution in [-0.2, 0) is 22.4 Å². The van der Waals surface area contributed by atoms with Crippen LogP contribution in [0.2, 0.25) is 0 Å². The zero-order valence-corrected chi connectivity index (χ0v) is 20.0. The Labute approximate surface area is 215 Å². The van der Waals surface area contributed by atoms with E-state index in [1.165, 1.54) is 12.1 Å². The number of phenols is 1. The van der Waals surface area contributed by atoms with Crippen LogP contribution in [0.25, 0.3) is 21.8 Å². The third kappa shape index (κ3) is 4.79. The highest BCUT2D eigenvalue weighted by Gasteiger charge is 2.30. The Hall–Kier alpha value is -5.12. The quantitative estimate of drug-likeness (QED) is 0.215. The lowest BCUT2D eigenvalue weighted by molar-refractivity contribution is -0.142. The molecule has 3 aromatic carbocycles. The monoisotopic (exact) mass is 512 g/mol. The maximum Gasteiger partial charge on any atom is 0.329 e. The number of phenolic OH excluding ortho intramolecular Hbond substituents is 1. The number of aromatic amines is 2. The van der Waals surface area contributed by atoms with Crippen LogP contribution in [0.3, 0.4) is 0 Å². The predicted molar refractivity (Wildman–Crippen MR) is 141 cm³/mol. The Kier molecular flexibility index (Phi) is 6.53. The molecule has 5 aromatic rings. The van der Waals surface area contributed by atoms with Gasteiger partial charge in [0, 0.05) is 29.9 Å². The van der Waals surface area contributed by atoms with Gasteiger partial charge in [-0.3, -0.25) is 9.59 Å². The Morgan fingerprint density at radius 3 is 2.24 bits per heavy atom. The number of carbonyl (C=O) groups excluding carboxylic acids is 1. The number of carboxylic acid groups (broad SMARTS) is 1. The smallest absolute Gasteiger partial charge is 0.329 e. The molecule has 0 radical (unpaired) electrons. The molecule has 2 atom stereocenters. The molecule has 2 heterocycles. The van der Waals surface area contributed by atoms with E-state index < -0.39 is 35.2 Å². The van der Waals surface area contributed by atoms with E-state index in [-0.39, 0.29) is 24.0 Å². The number of para-hydroxylation sites is 2. The number of carbonyl (C=O) groups is 2. The molecule has 0 saturated carbocycles. The molecule has 0 bridgehead atoms. The Balaban J connectivity index is 1.56. The van der Waals surface area contributed by atoms with E-state index in [0.29, 0.717) is 16.6 Å². The van der Waals surface area contributed by atoms with E-state index >= 15 is 0 Å². The summed E-state index contributed by atoms with van der Waals surface area (Å²) in [6, 6.07) is 17.2. The average molecular weight is 513 g/mol. The number of hydrogen-bond donors (Lipinski definition) is 5. The number of aromatic hydroxyl groups is 1. The first-order chi connectivity index (χ1) is 18.3. The normalized spacial score (nSPS) is 12.8. The molecule has 5 rings (SSSR count). The zero-order valence-electron chi connectivity index (χ0n) is 20.0. The van der Waals surface area contributed by atoms with Crippen molar-refractivity contribution in [1.82, 2.24) is 19.9 Å². The van der Waals surface area contributed by atoms with Gasteiger partial charge in [-0.25, -0.2) is 14.2 Å². The van der Waals surface area contributed by atoms with Crippen LogP contribution >= 0.6 is 0 Å². The number of nitrogens with zero attached hydrogens (tertiary/aromatic N) is 1. The van der Waals surface area contributed by atoms with Crippen LogP contribution in [0.15, 0.2) is 88.6 Å². The first kappa shape index (κ1) is 24.6. The highest BCUT2D eigenvalue weighted by atomic mass is 16.4. The Morgan fingerprint density at radius 1 is 0.868 bits per heavy atom. The van der Waals surface area contributed by atoms with Crippen molar-refractivity contribution in [3.8, 4) is 5.75 Å². The number of nitrogens with one attached hydrogen (secondary N) is 3. The largest absolute Gasteiger partial charge is 0.508 e. The molecule has 1 amide bonds. The van der Waals surface area contributed by atoms with Crippen molar-refractivity contribution in [2.45, 2.75) is 24.9 Å². The zero-order chi connectivity index (χ0) is 26.8.